The van der Waals surface area contributed by atoms with Gasteiger partial charge in [0.05, 0.1) is 11.4 Å². The van der Waals surface area contributed by atoms with Crippen LogP contribution >= 0.6 is 0 Å². The normalized spacial score (nSPS) is 11.7. The highest BCUT2D eigenvalue weighted by atomic mass is 15.5. The Morgan fingerprint density at radius 1 is 0.447 bits per heavy atom. The highest BCUT2D eigenvalue weighted by Gasteiger charge is 2.16. The maximum Gasteiger partial charge on any atom is 0.113 e. The first-order valence-corrected chi connectivity index (χ1v) is 14.3. The molecule has 0 fully saturated rings. The average molecular weight is 509 g/mol. The lowest BCUT2D eigenvalue weighted by Gasteiger charge is -2.10. The van der Waals surface area contributed by atoms with Crippen molar-refractivity contribution in [3.8, 4) is 11.4 Å². The fourth-order valence-electron chi connectivity index (χ4n) is 5.54. The van der Waals surface area contributed by atoms with Crippen LogP contribution in [0.5, 0.6) is 0 Å². The number of hydrogen-bond donors (Lipinski definition) is 0. The molecular weight excluding hydrogens is 468 g/mol. The van der Waals surface area contributed by atoms with Crippen LogP contribution in [0.15, 0.2) is 36.4 Å². The number of hydrogen-bond acceptors (Lipinski definition) is 4. The Labute approximate surface area is 226 Å². The molecule has 198 valence electrons. The van der Waals surface area contributed by atoms with Gasteiger partial charge in [0.1, 0.15) is 22.1 Å². The van der Waals surface area contributed by atoms with Crippen molar-refractivity contribution in [2.24, 2.45) is 0 Å². The zero-order valence-corrected chi connectivity index (χ0v) is 23.8. The van der Waals surface area contributed by atoms with Gasteiger partial charge in [0.2, 0.25) is 0 Å². The third-order valence-electron chi connectivity index (χ3n) is 7.43. The molecule has 5 aromatic rings. The Morgan fingerprint density at radius 2 is 0.711 bits per heavy atom. The van der Waals surface area contributed by atoms with Crippen molar-refractivity contribution in [3.63, 3.8) is 0 Å². The van der Waals surface area contributed by atoms with Crippen LogP contribution < -0.4 is 0 Å². The summed E-state index contributed by atoms with van der Waals surface area (Å²) < 4.78 is 0. The SMILES string of the molecule is CCCc1cc2nn(-c3cc(C)c(-n4nc5cc(CCC)c(CCC)cc5n4)cc3C)nc2cc1CCC. The Bertz CT molecular complexity index is 1380. The Hall–Kier alpha value is -3.54. The van der Waals surface area contributed by atoms with Crippen molar-refractivity contribution < 1.29 is 0 Å². The summed E-state index contributed by atoms with van der Waals surface area (Å²) in [5.41, 5.74) is 13.6. The predicted molar refractivity (Wildman–Crippen MR) is 157 cm³/mol. The topological polar surface area (TPSA) is 61.4 Å². The van der Waals surface area contributed by atoms with Crippen LogP contribution in [0.3, 0.4) is 0 Å². The first-order chi connectivity index (χ1) is 18.4. The van der Waals surface area contributed by atoms with Gasteiger partial charge < -0.3 is 0 Å². The molecule has 0 aliphatic carbocycles. The van der Waals surface area contributed by atoms with Gasteiger partial charge in [0.25, 0.3) is 0 Å². The Kier molecular flexibility index (Phi) is 7.59. The molecule has 0 atom stereocenters. The summed E-state index contributed by atoms with van der Waals surface area (Å²) in [4.78, 5) is 3.59. The molecule has 0 bridgehead atoms. The maximum atomic E-state index is 4.89. The first-order valence-electron chi connectivity index (χ1n) is 14.3. The predicted octanol–water partition coefficient (Wildman–Crippen LogP) is 7.58. The van der Waals surface area contributed by atoms with E-state index in [1.807, 2.05) is 0 Å². The molecular formula is C32H40N6. The van der Waals surface area contributed by atoms with E-state index in [4.69, 9.17) is 20.4 Å². The second-order valence-corrected chi connectivity index (χ2v) is 10.6. The first kappa shape index (κ1) is 26.1. The van der Waals surface area contributed by atoms with E-state index in [1.54, 1.807) is 9.59 Å². The molecule has 38 heavy (non-hydrogen) atoms. The number of rotatable bonds is 10. The van der Waals surface area contributed by atoms with E-state index in [1.165, 1.54) is 22.3 Å². The molecule has 5 rings (SSSR count). The molecule has 2 aromatic heterocycles. The lowest BCUT2D eigenvalue weighted by molar-refractivity contribution is 0.743. The highest BCUT2D eigenvalue weighted by Crippen LogP contribution is 2.26. The molecule has 0 amide bonds. The number of aryl methyl sites for hydroxylation is 6. The second-order valence-electron chi connectivity index (χ2n) is 10.6. The van der Waals surface area contributed by atoms with Gasteiger partial charge in [-0.3, -0.25) is 0 Å². The molecule has 0 N–H and O–H groups in total. The zero-order chi connectivity index (χ0) is 26.8. The van der Waals surface area contributed by atoms with Crippen LogP contribution in [0.4, 0.5) is 0 Å². The van der Waals surface area contributed by atoms with Gasteiger partial charge in [0.15, 0.2) is 0 Å². The monoisotopic (exact) mass is 508 g/mol. The van der Waals surface area contributed by atoms with E-state index < -0.39 is 0 Å². The van der Waals surface area contributed by atoms with Gasteiger partial charge in [-0.2, -0.15) is 9.59 Å². The minimum atomic E-state index is 0.959. The molecule has 6 nitrogen and oxygen atoms in total. The molecule has 0 saturated carbocycles. The van der Waals surface area contributed by atoms with Gasteiger partial charge in [-0.15, -0.1) is 20.4 Å². The largest absolute Gasteiger partial charge is 0.150 e. The van der Waals surface area contributed by atoms with E-state index >= 15 is 0 Å². The molecule has 0 unspecified atom stereocenters. The molecule has 0 radical (unpaired) electrons. The minimum absolute atomic E-state index is 0.959. The van der Waals surface area contributed by atoms with Gasteiger partial charge in [-0.1, -0.05) is 53.4 Å². The summed E-state index contributed by atoms with van der Waals surface area (Å²) in [7, 11) is 0. The molecule has 0 spiro atoms. The lowest BCUT2D eigenvalue weighted by Crippen LogP contribution is -2.06. The number of aromatic nitrogens is 6. The maximum absolute atomic E-state index is 4.89. The summed E-state index contributed by atoms with van der Waals surface area (Å²) in [5.74, 6) is 0. The summed E-state index contributed by atoms with van der Waals surface area (Å²) in [6.07, 6.45) is 8.84. The molecule has 0 aliphatic rings. The van der Waals surface area contributed by atoms with Crippen molar-refractivity contribution in [2.45, 2.75) is 92.9 Å². The van der Waals surface area contributed by atoms with Crippen LogP contribution in [0, 0.1) is 13.8 Å². The van der Waals surface area contributed by atoms with E-state index in [9.17, 15) is 0 Å². The zero-order valence-electron chi connectivity index (χ0n) is 23.8. The van der Waals surface area contributed by atoms with Crippen molar-refractivity contribution in [3.05, 3.63) is 69.8 Å². The summed E-state index contributed by atoms with van der Waals surface area (Å²) >= 11 is 0. The van der Waals surface area contributed by atoms with Gasteiger partial charge in [-0.05, 0) is 109 Å². The van der Waals surface area contributed by atoms with Crippen LogP contribution in [0.2, 0.25) is 0 Å². The molecule has 0 saturated heterocycles. The number of benzene rings is 3. The third-order valence-corrected chi connectivity index (χ3v) is 7.43. The van der Waals surface area contributed by atoms with E-state index in [0.717, 1.165) is 95.9 Å². The molecule has 6 heteroatoms. The highest BCUT2D eigenvalue weighted by molar-refractivity contribution is 5.77. The summed E-state index contributed by atoms with van der Waals surface area (Å²) in [6, 6.07) is 13.3. The van der Waals surface area contributed by atoms with Gasteiger partial charge >= 0.3 is 0 Å². The molecule has 0 aliphatic heterocycles. The molecule has 2 heterocycles. The summed E-state index contributed by atoms with van der Waals surface area (Å²) in [6.45, 7) is 13.1. The van der Waals surface area contributed by atoms with Crippen molar-refractivity contribution >= 4 is 22.1 Å². The number of nitrogens with zero attached hydrogens (tertiary/aromatic N) is 6. The van der Waals surface area contributed by atoms with Crippen molar-refractivity contribution in [1.82, 2.24) is 30.0 Å². The van der Waals surface area contributed by atoms with Crippen LogP contribution in [0.1, 0.15) is 86.8 Å². The van der Waals surface area contributed by atoms with Crippen LogP contribution in [-0.4, -0.2) is 30.0 Å². The third kappa shape index (κ3) is 4.96. The average Bonchev–Trinajstić information content (AvgIpc) is 3.49. The Morgan fingerprint density at radius 3 is 0.947 bits per heavy atom. The van der Waals surface area contributed by atoms with Gasteiger partial charge in [0, 0.05) is 0 Å². The van der Waals surface area contributed by atoms with Crippen LogP contribution in [0.25, 0.3) is 33.4 Å². The minimum Gasteiger partial charge on any atom is -0.150 e. The lowest BCUT2D eigenvalue weighted by atomic mass is 9.99. The fourth-order valence-corrected chi connectivity index (χ4v) is 5.54. The quantitative estimate of drug-likeness (QED) is 0.195. The smallest absolute Gasteiger partial charge is 0.113 e. The Balaban J connectivity index is 1.54. The van der Waals surface area contributed by atoms with Gasteiger partial charge in [-0.25, -0.2) is 0 Å². The van der Waals surface area contributed by atoms with E-state index in [2.05, 4.69) is 77.9 Å². The standard InChI is InChI=1S/C32H40N6/c1-7-11-23-17-27-28(18-24(23)12-8-2)34-37(33-27)31-15-22(6)32(16-21(31)5)38-35-29-19-25(13-9-3)26(14-10-4)20-30(29)36-38/h15-20H,7-14H2,1-6H3. The summed E-state index contributed by atoms with van der Waals surface area (Å²) in [5, 5.41) is 19.6. The van der Waals surface area contributed by atoms with E-state index in [-0.39, 0.29) is 0 Å². The van der Waals surface area contributed by atoms with Crippen molar-refractivity contribution in [1.29, 1.82) is 0 Å². The van der Waals surface area contributed by atoms with E-state index in [0.29, 0.717) is 0 Å². The van der Waals surface area contributed by atoms with Crippen molar-refractivity contribution in [2.75, 3.05) is 0 Å². The van der Waals surface area contributed by atoms with Crippen LogP contribution in [-0.2, 0) is 25.7 Å². The fraction of sp³-hybridized carbons (Fsp3) is 0.438. The number of fused-ring (bicyclic) bond motifs is 2. The molecule has 3 aromatic carbocycles. The second kappa shape index (κ2) is 11.1.